The van der Waals surface area contributed by atoms with E-state index in [1.54, 1.807) is 24.3 Å². The number of carboxylic acid groups (broad SMARTS) is 1. The molecule has 0 aliphatic carbocycles. The number of ether oxygens (including phenoxy) is 1. The minimum atomic E-state index is -1.26. The van der Waals surface area contributed by atoms with E-state index in [0.29, 0.717) is 11.3 Å². The van der Waals surface area contributed by atoms with E-state index in [-0.39, 0.29) is 17.9 Å². The molecule has 2 aromatic carbocycles. The van der Waals surface area contributed by atoms with E-state index >= 15 is 0 Å². The van der Waals surface area contributed by atoms with Gasteiger partial charge in [-0.05, 0) is 35.9 Å². The Morgan fingerprint density at radius 2 is 1.84 bits per heavy atom. The SMILES string of the molecule is O=C(O)c1cc(F)ccc1Oc1ccc(CO)cc1. The van der Waals surface area contributed by atoms with E-state index in [1.807, 2.05) is 0 Å². The lowest BCUT2D eigenvalue weighted by Crippen LogP contribution is -2.00. The maximum Gasteiger partial charge on any atom is 0.339 e. The first-order chi connectivity index (χ1) is 9.10. The second-order valence-corrected chi connectivity index (χ2v) is 3.85. The largest absolute Gasteiger partial charge is 0.478 e. The summed E-state index contributed by atoms with van der Waals surface area (Å²) < 4.78 is 18.4. The van der Waals surface area contributed by atoms with Crippen molar-refractivity contribution in [2.24, 2.45) is 0 Å². The molecule has 0 spiro atoms. The van der Waals surface area contributed by atoms with Gasteiger partial charge in [0.05, 0.1) is 6.61 Å². The number of aliphatic hydroxyl groups is 1. The van der Waals surface area contributed by atoms with Crippen LogP contribution in [0.4, 0.5) is 4.39 Å². The number of hydrogen-bond donors (Lipinski definition) is 2. The molecule has 2 rings (SSSR count). The lowest BCUT2D eigenvalue weighted by molar-refractivity contribution is 0.0693. The highest BCUT2D eigenvalue weighted by Gasteiger charge is 2.13. The van der Waals surface area contributed by atoms with Gasteiger partial charge in [-0.25, -0.2) is 9.18 Å². The molecule has 98 valence electrons. The number of hydrogen-bond acceptors (Lipinski definition) is 3. The molecule has 0 saturated heterocycles. The molecule has 2 N–H and O–H groups in total. The average Bonchev–Trinajstić information content (AvgIpc) is 2.41. The zero-order valence-corrected chi connectivity index (χ0v) is 9.84. The van der Waals surface area contributed by atoms with E-state index in [1.165, 1.54) is 6.07 Å². The Hall–Kier alpha value is -2.40. The summed E-state index contributed by atoms with van der Waals surface area (Å²) in [7, 11) is 0. The topological polar surface area (TPSA) is 66.8 Å². The molecule has 4 nitrogen and oxygen atoms in total. The Bertz CT molecular complexity index is 593. The van der Waals surface area contributed by atoms with Crippen molar-refractivity contribution in [1.82, 2.24) is 0 Å². The molecule has 0 aliphatic heterocycles. The number of aliphatic hydroxyl groups excluding tert-OH is 1. The second kappa shape index (κ2) is 5.49. The van der Waals surface area contributed by atoms with Gasteiger partial charge in [-0.2, -0.15) is 0 Å². The smallest absolute Gasteiger partial charge is 0.339 e. The third kappa shape index (κ3) is 3.08. The molecule has 0 radical (unpaired) electrons. The number of rotatable bonds is 4. The Morgan fingerprint density at radius 1 is 1.16 bits per heavy atom. The van der Waals surface area contributed by atoms with Crippen molar-refractivity contribution in [3.63, 3.8) is 0 Å². The van der Waals surface area contributed by atoms with Crippen LogP contribution < -0.4 is 4.74 Å². The molecule has 0 amide bonds. The summed E-state index contributed by atoms with van der Waals surface area (Å²) in [6.07, 6.45) is 0. The predicted octanol–water partition coefficient (Wildman–Crippen LogP) is 2.81. The zero-order valence-electron chi connectivity index (χ0n) is 9.84. The first-order valence-electron chi connectivity index (χ1n) is 5.50. The van der Waals surface area contributed by atoms with Crippen molar-refractivity contribution in [3.8, 4) is 11.5 Å². The third-order valence-electron chi connectivity index (χ3n) is 2.51. The van der Waals surface area contributed by atoms with Crippen molar-refractivity contribution in [2.75, 3.05) is 0 Å². The van der Waals surface area contributed by atoms with Gasteiger partial charge >= 0.3 is 5.97 Å². The summed E-state index contributed by atoms with van der Waals surface area (Å²) in [5, 5.41) is 17.9. The number of halogens is 1. The van der Waals surface area contributed by atoms with E-state index in [9.17, 15) is 9.18 Å². The molecule has 0 fully saturated rings. The van der Waals surface area contributed by atoms with Gasteiger partial charge in [0.1, 0.15) is 22.9 Å². The fourth-order valence-electron chi connectivity index (χ4n) is 1.55. The summed E-state index contributed by atoms with van der Waals surface area (Å²) in [6.45, 7) is -0.0861. The molecule has 5 heteroatoms. The van der Waals surface area contributed by atoms with Crippen LogP contribution in [0.3, 0.4) is 0 Å². The second-order valence-electron chi connectivity index (χ2n) is 3.85. The van der Waals surface area contributed by atoms with Crippen molar-refractivity contribution in [2.45, 2.75) is 6.61 Å². The summed E-state index contributed by atoms with van der Waals surface area (Å²) in [4.78, 5) is 11.0. The van der Waals surface area contributed by atoms with Gasteiger partial charge in [0.25, 0.3) is 0 Å². The Morgan fingerprint density at radius 3 is 2.42 bits per heavy atom. The van der Waals surface area contributed by atoms with Gasteiger partial charge in [-0.15, -0.1) is 0 Å². The quantitative estimate of drug-likeness (QED) is 0.889. The number of carboxylic acids is 1. The normalized spacial score (nSPS) is 10.2. The Kier molecular flexibility index (Phi) is 3.77. The molecule has 0 aliphatic rings. The van der Waals surface area contributed by atoms with Gasteiger partial charge in [0.15, 0.2) is 0 Å². The average molecular weight is 262 g/mol. The third-order valence-corrected chi connectivity index (χ3v) is 2.51. The highest BCUT2D eigenvalue weighted by atomic mass is 19.1. The lowest BCUT2D eigenvalue weighted by Gasteiger charge is -2.09. The monoisotopic (exact) mass is 262 g/mol. The van der Waals surface area contributed by atoms with Crippen molar-refractivity contribution in [3.05, 3.63) is 59.4 Å². The van der Waals surface area contributed by atoms with Crippen LogP contribution in [0.15, 0.2) is 42.5 Å². The van der Waals surface area contributed by atoms with Crippen LogP contribution in [0.2, 0.25) is 0 Å². The summed E-state index contributed by atoms with van der Waals surface area (Å²) >= 11 is 0. The summed E-state index contributed by atoms with van der Waals surface area (Å²) in [6, 6.07) is 9.79. The molecule has 0 aromatic heterocycles. The molecule has 0 heterocycles. The van der Waals surface area contributed by atoms with Crippen molar-refractivity contribution < 1.29 is 24.1 Å². The van der Waals surface area contributed by atoms with Crippen LogP contribution in [0, 0.1) is 5.82 Å². The van der Waals surface area contributed by atoms with Gasteiger partial charge in [-0.3, -0.25) is 0 Å². The van der Waals surface area contributed by atoms with Crippen LogP contribution in [-0.4, -0.2) is 16.2 Å². The van der Waals surface area contributed by atoms with Gasteiger partial charge in [0, 0.05) is 0 Å². The molecule has 19 heavy (non-hydrogen) atoms. The number of carbonyl (C=O) groups is 1. The lowest BCUT2D eigenvalue weighted by atomic mass is 10.2. The minimum Gasteiger partial charge on any atom is -0.478 e. The molecule has 0 atom stereocenters. The minimum absolute atomic E-state index is 0.0608. The first-order valence-corrected chi connectivity index (χ1v) is 5.50. The first kappa shape index (κ1) is 13.0. The zero-order chi connectivity index (χ0) is 13.8. The van der Waals surface area contributed by atoms with Gasteiger partial charge in [0.2, 0.25) is 0 Å². The standard InChI is InChI=1S/C14H11FO4/c15-10-3-6-13(12(7-10)14(17)18)19-11-4-1-9(8-16)2-5-11/h1-7,16H,8H2,(H,17,18). The van der Waals surface area contributed by atoms with Gasteiger partial charge in [-0.1, -0.05) is 12.1 Å². The molecule has 2 aromatic rings. The van der Waals surface area contributed by atoms with E-state index < -0.39 is 11.8 Å². The van der Waals surface area contributed by atoms with Crippen molar-refractivity contribution >= 4 is 5.97 Å². The highest BCUT2D eigenvalue weighted by molar-refractivity contribution is 5.91. The van der Waals surface area contributed by atoms with Crippen LogP contribution in [0.25, 0.3) is 0 Å². The number of aromatic carboxylic acids is 1. The molecular formula is C14H11FO4. The summed E-state index contributed by atoms with van der Waals surface area (Å²) in [5.41, 5.74) is 0.469. The number of benzene rings is 2. The predicted molar refractivity (Wildman–Crippen MR) is 65.8 cm³/mol. The van der Waals surface area contributed by atoms with Gasteiger partial charge < -0.3 is 14.9 Å². The van der Waals surface area contributed by atoms with E-state index in [0.717, 1.165) is 12.1 Å². The Labute approximate surface area is 108 Å². The molecular weight excluding hydrogens is 251 g/mol. The molecule has 0 saturated carbocycles. The molecule has 0 bridgehead atoms. The fraction of sp³-hybridized carbons (Fsp3) is 0.0714. The Balaban J connectivity index is 2.29. The van der Waals surface area contributed by atoms with Crippen LogP contribution in [-0.2, 0) is 6.61 Å². The van der Waals surface area contributed by atoms with E-state index in [2.05, 4.69) is 0 Å². The maximum absolute atomic E-state index is 13.0. The highest BCUT2D eigenvalue weighted by Crippen LogP contribution is 2.26. The molecule has 0 unspecified atom stereocenters. The van der Waals surface area contributed by atoms with Crippen molar-refractivity contribution in [1.29, 1.82) is 0 Å². The van der Waals surface area contributed by atoms with Crippen LogP contribution in [0.5, 0.6) is 11.5 Å². The van der Waals surface area contributed by atoms with Crippen LogP contribution in [0.1, 0.15) is 15.9 Å². The van der Waals surface area contributed by atoms with Crippen LogP contribution >= 0.6 is 0 Å². The van der Waals surface area contributed by atoms with E-state index in [4.69, 9.17) is 14.9 Å². The maximum atomic E-state index is 13.0. The fourth-order valence-corrected chi connectivity index (χ4v) is 1.55. The summed E-state index contributed by atoms with van der Waals surface area (Å²) in [5.74, 6) is -1.43.